The first kappa shape index (κ1) is 17.0. The minimum absolute atomic E-state index is 0.112. The summed E-state index contributed by atoms with van der Waals surface area (Å²) in [6, 6.07) is 2.58. The number of methoxy groups -OCH3 is 1. The highest BCUT2D eigenvalue weighted by atomic mass is 19.4. The number of alkyl halides is 3. The number of carbonyl (C=O) groups is 2. The molecule has 1 unspecified atom stereocenters. The summed E-state index contributed by atoms with van der Waals surface area (Å²) in [5.74, 6) is -1.83. The number of aromatic nitrogens is 1. The third kappa shape index (κ3) is 5.86. The number of carboxylic acids is 1. The number of aliphatic carboxylic acids is 1. The smallest absolute Gasteiger partial charge is 0.406 e. The molecule has 1 rings (SSSR count). The van der Waals surface area contributed by atoms with Crippen LogP contribution < -0.4 is 5.32 Å². The van der Waals surface area contributed by atoms with Crippen LogP contribution >= 0.6 is 0 Å². The van der Waals surface area contributed by atoms with Crippen molar-refractivity contribution in [3.8, 4) is 0 Å². The zero-order valence-corrected chi connectivity index (χ0v) is 11.2. The summed E-state index contributed by atoms with van der Waals surface area (Å²) < 4.78 is 42.6. The van der Waals surface area contributed by atoms with E-state index >= 15 is 0 Å². The van der Waals surface area contributed by atoms with E-state index in [0.29, 0.717) is 0 Å². The molecule has 0 saturated heterocycles. The van der Waals surface area contributed by atoms with E-state index in [4.69, 9.17) is 9.84 Å². The molecule has 1 amide bonds. The normalized spacial score (nSPS) is 13.0. The summed E-state index contributed by atoms with van der Waals surface area (Å²) in [5.41, 5.74) is -0.155. The van der Waals surface area contributed by atoms with Gasteiger partial charge in [-0.1, -0.05) is 0 Å². The second-order valence-corrected chi connectivity index (χ2v) is 4.30. The number of rotatable bonds is 7. The minimum atomic E-state index is -4.44. The molecule has 0 aromatic carbocycles. The number of carbonyl (C=O) groups excluding carboxylic acids is 1. The lowest BCUT2D eigenvalue weighted by atomic mass is 10.2. The first-order valence-corrected chi connectivity index (χ1v) is 5.97. The van der Waals surface area contributed by atoms with Crippen LogP contribution in [0.15, 0.2) is 18.3 Å². The summed E-state index contributed by atoms with van der Waals surface area (Å²) in [6.45, 7) is -1.38. The molecule has 0 aliphatic heterocycles. The van der Waals surface area contributed by atoms with Gasteiger partial charge in [-0.25, -0.2) is 0 Å². The van der Waals surface area contributed by atoms with Gasteiger partial charge in [0.2, 0.25) is 0 Å². The van der Waals surface area contributed by atoms with E-state index in [1.807, 2.05) is 0 Å². The average molecular weight is 308 g/mol. The molecule has 118 valence electrons. The van der Waals surface area contributed by atoms with Crippen LogP contribution in [0.2, 0.25) is 0 Å². The molecule has 0 fully saturated rings. The third-order valence-electron chi connectivity index (χ3n) is 2.64. The molecular weight excluding hydrogens is 293 g/mol. The molecule has 9 heteroatoms. The van der Waals surface area contributed by atoms with Crippen LogP contribution in [-0.2, 0) is 16.1 Å². The molecule has 1 atom stereocenters. The number of hydrogen-bond donors (Lipinski definition) is 2. The molecule has 0 radical (unpaired) electrons. The number of amides is 1. The number of halogens is 3. The van der Waals surface area contributed by atoms with Crippen molar-refractivity contribution in [2.45, 2.75) is 25.2 Å². The Morgan fingerprint density at radius 2 is 2.14 bits per heavy atom. The Hall–Kier alpha value is -2.03. The maximum Gasteiger partial charge on any atom is 0.406 e. The van der Waals surface area contributed by atoms with Crippen LogP contribution in [-0.4, -0.2) is 47.5 Å². The summed E-state index contributed by atoms with van der Waals surface area (Å²) in [7, 11) is 1.28. The van der Waals surface area contributed by atoms with Crippen molar-refractivity contribution in [2.24, 2.45) is 0 Å². The van der Waals surface area contributed by atoms with Gasteiger partial charge in [0.25, 0.3) is 5.91 Å². The van der Waals surface area contributed by atoms with E-state index in [-0.39, 0.29) is 18.7 Å². The molecular formula is C12H15F3N2O4. The fraction of sp³-hybridized carbons (Fsp3) is 0.500. The lowest BCUT2D eigenvalue weighted by molar-refractivity contribution is -0.141. The van der Waals surface area contributed by atoms with Gasteiger partial charge in [-0.2, -0.15) is 13.2 Å². The summed E-state index contributed by atoms with van der Waals surface area (Å²) in [5, 5.41) is 11.0. The van der Waals surface area contributed by atoms with Crippen molar-refractivity contribution >= 4 is 11.9 Å². The molecule has 0 aliphatic rings. The van der Waals surface area contributed by atoms with Crippen molar-refractivity contribution in [1.82, 2.24) is 9.88 Å². The van der Waals surface area contributed by atoms with Crippen LogP contribution in [0, 0.1) is 0 Å². The van der Waals surface area contributed by atoms with Crippen molar-refractivity contribution in [2.75, 3.05) is 13.7 Å². The van der Waals surface area contributed by atoms with E-state index in [1.54, 1.807) is 0 Å². The second kappa shape index (κ2) is 7.11. The Kier molecular flexibility index (Phi) is 5.77. The minimum Gasteiger partial charge on any atom is -0.481 e. The molecule has 2 N–H and O–H groups in total. The highest BCUT2D eigenvalue weighted by molar-refractivity contribution is 5.92. The maximum atomic E-state index is 12.3. The number of nitrogens with zero attached hydrogens (tertiary/aromatic N) is 1. The molecule has 6 nitrogen and oxygen atoms in total. The van der Waals surface area contributed by atoms with Gasteiger partial charge in [0, 0.05) is 19.9 Å². The van der Waals surface area contributed by atoms with E-state index in [9.17, 15) is 22.8 Å². The van der Waals surface area contributed by atoms with Crippen molar-refractivity contribution in [3.05, 3.63) is 24.0 Å². The zero-order chi connectivity index (χ0) is 16.0. The first-order valence-electron chi connectivity index (χ1n) is 5.97. The summed E-state index contributed by atoms with van der Waals surface area (Å²) in [6.07, 6.45) is -4.36. The predicted molar refractivity (Wildman–Crippen MR) is 65.9 cm³/mol. The molecule has 1 heterocycles. The largest absolute Gasteiger partial charge is 0.481 e. The standard InChI is InChI=1S/C12H15F3N2O4/c1-21-8(5-10(18)19)6-16-11(20)9-3-2-4-17(9)7-12(13,14)15/h2-4,8H,5-7H2,1H3,(H,16,20)(H,18,19). The Morgan fingerprint density at radius 1 is 1.48 bits per heavy atom. The number of hydrogen-bond acceptors (Lipinski definition) is 3. The molecule has 1 aromatic heterocycles. The van der Waals surface area contributed by atoms with Crippen LogP contribution in [0.4, 0.5) is 13.2 Å². The number of nitrogens with one attached hydrogen (secondary N) is 1. The van der Waals surface area contributed by atoms with E-state index in [2.05, 4.69) is 5.32 Å². The van der Waals surface area contributed by atoms with Crippen LogP contribution in [0.3, 0.4) is 0 Å². The second-order valence-electron chi connectivity index (χ2n) is 4.30. The molecule has 0 saturated carbocycles. The van der Waals surface area contributed by atoms with Crippen molar-refractivity contribution in [3.63, 3.8) is 0 Å². The predicted octanol–water partition coefficient (Wildman–Crippen LogP) is 1.27. The lowest BCUT2D eigenvalue weighted by Crippen LogP contribution is -2.35. The van der Waals surface area contributed by atoms with E-state index < -0.39 is 30.7 Å². The van der Waals surface area contributed by atoms with Crippen LogP contribution in [0.5, 0.6) is 0 Å². The van der Waals surface area contributed by atoms with Gasteiger partial charge < -0.3 is 19.7 Å². The lowest BCUT2D eigenvalue weighted by Gasteiger charge is -2.15. The van der Waals surface area contributed by atoms with Gasteiger partial charge in [-0.15, -0.1) is 0 Å². The van der Waals surface area contributed by atoms with Crippen molar-refractivity contribution in [1.29, 1.82) is 0 Å². The van der Waals surface area contributed by atoms with Gasteiger partial charge >= 0.3 is 12.1 Å². The highest BCUT2D eigenvalue weighted by Crippen LogP contribution is 2.19. The Bertz CT molecular complexity index is 499. The van der Waals surface area contributed by atoms with E-state index in [1.165, 1.54) is 19.2 Å². The SMILES string of the molecule is COC(CNC(=O)c1cccn1CC(F)(F)F)CC(=O)O. The Balaban J connectivity index is 2.64. The quantitative estimate of drug-likeness (QED) is 0.795. The van der Waals surface area contributed by atoms with Crippen molar-refractivity contribution < 1.29 is 32.6 Å². The first-order chi connectivity index (χ1) is 9.73. The average Bonchev–Trinajstić information content (AvgIpc) is 2.79. The molecule has 0 spiro atoms. The Labute approximate surface area is 118 Å². The summed E-state index contributed by atoms with van der Waals surface area (Å²) in [4.78, 5) is 22.3. The van der Waals surface area contributed by atoms with Gasteiger partial charge in [-0.05, 0) is 12.1 Å². The van der Waals surface area contributed by atoms with Gasteiger partial charge in [0.1, 0.15) is 12.2 Å². The Morgan fingerprint density at radius 3 is 2.67 bits per heavy atom. The van der Waals surface area contributed by atoms with Gasteiger partial charge in [0.05, 0.1) is 12.5 Å². The van der Waals surface area contributed by atoms with Gasteiger partial charge in [0.15, 0.2) is 0 Å². The number of ether oxygens (including phenoxy) is 1. The van der Waals surface area contributed by atoms with Gasteiger partial charge in [-0.3, -0.25) is 9.59 Å². The molecule has 0 bridgehead atoms. The summed E-state index contributed by atoms with van der Waals surface area (Å²) >= 11 is 0. The third-order valence-corrected chi connectivity index (χ3v) is 2.64. The topological polar surface area (TPSA) is 80.6 Å². The fourth-order valence-corrected chi connectivity index (χ4v) is 1.68. The highest BCUT2D eigenvalue weighted by Gasteiger charge is 2.29. The monoisotopic (exact) mass is 308 g/mol. The molecule has 21 heavy (non-hydrogen) atoms. The molecule has 1 aromatic rings. The van der Waals surface area contributed by atoms with Crippen LogP contribution in [0.25, 0.3) is 0 Å². The number of carboxylic acid groups (broad SMARTS) is 1. The zero-order valence-electron chi connectivity index (χ0n) is 11.2. The van der Waals surface area contributed by atoms with E-state index in [0.717, 1.165) is 10.8 Å². The molecule has 0 aliphatic carbocycles. The fourth-order valence-electron chi connectivity index (χ4n) is 1.68. The van der Waals surface area contributed by atoms with Crippen LogP contribution in [0.1, 0.15) is 16.9 Å². The maximum absolute atomic E-state index is 12.3.